The summed E-state index contributed by atoms with van der Waals surface area (Å²) in [6.45, 7) is 1.47. The summed E-state index contributed by atoms with van der Waals surface area (Å²) < 4.78 is 18.8. The molecular weight excluding hydrogens is 309 g/mol. The molecule has 116 valence electrons. The Bertz CT molecular complexity index is 678. The molecule has 0 bridgehead atoms. The van der Waals surface area contributed by atoms with Crippen molar-refractivity contribution in [3.05, 3.63) is 58.9 Å². The number of ether oxygens (including phenoxy) is 1. The van der Waals surface area contributed by atoms with Crippen LogP contribution in [0, 0.1) is 5.82 Å². The number of aliphatic hydroxyl groups is 1. The topological polar surface area (TPSA) is 58.6 Å². The first-order valence-electron chi connectivity index (χ1n) is 6.62. The predicted molar refractivity (Wildman–Crippen MR) is 82.5 cm³/mol. The van der Waals surface area contributed by atoms with Crippen LogP contribution in [0.2, 0.25) is 5.02 Å². The summed E-state index contributed by atoms with van der Waals surface area (Å²) in [6.07, 6.45) is -0.785. The molecule has 2 aromatic rings. The van der Waals surface area contributed by atoms with E-state index < -0.39 is 17.8 Å². The first-order chi connectivity index (χ1) is 10.5. The Kier molecular flexibility index (Phi) is 5.35. The van der Waals surface area contributed by atoms with Crippen LogP contribution in [-0.4, -0.2) is 17.1 Å². The summed E-state index contributed by atoms with van der Waals surface area (Å²) >= 11 is 5.58. The zero-order valence-corrected chi connectivity index (χ0v) is 12.6. The number of benzene rings is 2. The van der Waals surface area contributed by atoms with Gasteiger partial charge in [0.2, 0.25) is 0 Å². The zero-order chi connectivity index (χ0) is 16.1. The van der Waals surface area contributed by atoms with E-state index >= 15 is 0 Å². The van der Waals surface area contributed by atoms with Gasteiger partial charge in [-0.25, -0.2) is 4.39 Å². The fourth-order valence-electron chi connectivity index (χ4n) is 1.79. The van der Waals surface area contributed by atoms with Gasteiger partial charge in [0.05, 0.1) is 11.6 Å². The number of nitrogens with one attached hydrogen (secondary N) is 1. The van der Waals surface area contributed by atoms with Crippen LogP contribution in [0.15, 0.2) is 42.5 Å². The molecule has 22 heavy (non-hydrogen) atoms. The zero-order valence-electron chi connectivity index (χ0n) is 11.8. The van der Waals surface area contributed by atoms with Gasteiger partial charge < -0.3 is 15.2 Å². The highest BCUT2D eigenvalue weighted by Gasteiger charge is 2.15. The molecule has 0 saturated carbocycles. The fraction of sp³-hybridized carbons (Fsp3) is 0.188. The van der Waals surface area contributed by atoms with Crippen LogP contribution in [0.25, 0.3) is 0 Å². The number of hydrogen-bond donors (Lipinski definition) is 2. The molecule has 2 aromatic carbocycles. The molecule has 0 fully saturated rings. The first-order valence-corrected chi connectivity index (χ1v) is 7.00. The summed E-state index contributed by atoms with van der Waals surface area (Å²) in [5.74, 6) is -0.559. The van der Waals surface area contributed by atoms with Crippen LogP contribution in [0.1, 0.15) is 12.5 Å². The molecule has 6 heteroatoms. The number of hydrogen-bond acceptors (Lipinski definition) is 3. The third-order valence-corrected chi connectivity index (χ3v) is 3.26. The second-order valence-electron chi connectivity index (χ2n) is 4.68. The van der Waals surface area contributed by atoms with E-state index in [1.165, 1.54) is 12.1 Å². The number of halogens is 2. The first kappa shape index (κ1) is 16.3. The summed E-state index contributed by atoms with van der Waals surface area (Å²) in [4.78, 5) is 12.0. The second kappa shape index (κ2) is 7.24. The van der Waals surface area contributed by atoms with E-state index in [1.807, 2.05) is 0 Å². The van der Waals surface area contributed by atoms with E-state index in [4.69, 9.17) is 21.4 Å². The Balaban J connectivity index is 2.00. The summed E-state index contributed by atoms with van der Waals surface area (Å²) in [5, 5.41) is 11.6. The average Bonchev–Trinajstić information content (AvgIpc) is 2.51. The second-order valence-corrected chi connectivity index (χ2v) is 5.09. The summed E-state index contributed by atoms with van der Waals surface area (Å²) in [7, 11) is 0. The third kappa shape index (κ3) is 4.19. The van der Waals surface area contributed by atoms with Gasteiger partial charge in [-0.05, 0) is 42.8 Å². The maximum atomic E-state index is 13.3. The van der Waals surface area contributed by atoms with Gasteiger partial charge in [0.1, 0.15) is 11.6 Å². The van der Waals surface area contributed by atoms with Gasteiger partial charge in [0, 0.05) is 5.69 Å². The number of carbonyl (C=O) groups excluding carboxylic acids is 1. The van der Waals surface area contributed by atoms with Crippen LogP contribution in [0.3, 0.4) is 0 Å². The van der Waals surface area contributed by atoms with Gasteiger partial charge in [0.15, 0.2) is 6.10 Å². The maximum absolute atomic E-state index is 13.3. The SMILES string of the molecule is CC(Oc1cccc(CO)c1)C(=O)Nc1ccc(Cl)c(F)c1. The molecule has 4 nitrogen and oxygen atoms in total. The summed E-state index contributed by atoms with van der Waals surface area (Å²) in [6, 6.07) is 10.8. The number of carbonyl (C=O) groups is 1. The van der Waals surface area contributed by atoms with Gasteiger partial charge in [0.25, 0.3) is 5.91 Å². The van der Waals surface area contributed by atoms with E-state index in [-0.39, 0.29) is 11.6 Å². The van der Waals surface area contributed by atoms with E-state index in [2.05, 4.69) is 5.32 Å². The van der Waals surface area contributed by atoms with Crippen molar-refractivity contribution in [1.82, 2.24) is 0 Å². The standard InChI is InChI=1S/C16H15ClFNO3/c1-10(22-13-4-2-3-11(7-13)9-20)16(21)19-12-5-6-14(17)15(18)8-12/h2-8,10,20H,9H2,1H3,(H,19,21). The number of rotatable bonds is 5. The smallest absolute Gasteiger partial charge is 0.265 e. The fourth-order valence-corrected chi connectivity index (χ4v) is 1.91. The number of anilines is 1. The molecule has 1 unspecified atom stereocenters. The molecule has 0 saturated heterocycles. The van der Waals surface area contributed by atoms with Crippen molar-refractivity contribution in [2.75, 3.05) is 5.32 Å². The van der Waals surface area contributed by atoms with E-state index in [1.54, 1.807) is 31.2 Å². The largest absolute Gasteiger partial charge is 0.481 e. The lowest BCUT2D eigenvalue weighted by molar-refractivity contribution is -0.122. The van der Waals surface area contributed by atoms with Crippen LogP contribution in [0.5, 0.6) is 5.75 Å². The minimum Gasteiger partial charge on any atom is -0.481 e. The molecule has 0 aliphatic heterocycles. The minimum absolute atomic E-state index is 0.0110. The Hall–Kier alpha value is -2.11. The van der Waals surface area contributed by atoms with E-state index in [9.17, 15) is 9.18 Å². The highest BCUT2D eigenvalue weighted by atomic mass is 35.5. The number of amides is 1. The lowest BCUT2D eigenvalue weighted by atomic mass is 10.2. The van der Waals surface area contributed by atoms with Gasteiger partial charge in [-0.3, -0.25) is 4.79 Å². The minimum atomic E-state index is -0.785. The molecule has 0 radical (unpaired) electrons. The molecule has 0 aromatic heterocycles. The van der Waals surface area contributed by atoms with E-state index in [0.717, 1.165) is 6.07 Å². The maximum Gasteiger partial charge on any atom is 0.265 e. The van der Waals surface area contributed by atoms with Crippen LogP contribution < -0.4 is 10.1 Å². The molecule has 2 N–H and O–H groups in total. The monoisotopic (exact) mass is 323 g/mol. The van der Waals surface area contributed by atoms with Crippen molar-refractivity contribution in [2.45, 2.75) is 19.6 Å². The van der Waals surface area contributed by atoms with Crippen molar-refractivity contribution < 1.29 is 19.0 Å². The average molecular weight is 324 g/mol. The lowest BCUT2D eigenvalue weighted by Crippen LogP contribution is -2.30. The third-order valence-electron chi connectivity index (χ3n) is 2.95. The van der Waals surface area contributed by atoms with Crippen molar-refractivity contribution in [3.63, 3.8) is 0 Å². The normalized spacial score (nSPS) is 11.8. The molecule has 0 aliphatic carbocycles. The molecule has 0 spiro atoms. The Morgan fingerprint density at radius 1 is 1.36 bits per heavy atom. The molecule has 2 rings (SSSR count). The van der Waals surface area contributed by atoms with Crippen LogP contribution in [0.4, 0.5) is 10.1 Å². The van der Waals surface area contributed by atoms with E-state index in [0.29, 0.717) is 17.0 Å². The Morgan fingerprint density at radius 2 is 2.14 bits per heavy atom. The van der Waals surface area contributed by atoms with Gasteiger partial charge >= 0.3 is 0 Å². The highest BCUT2D eigenvalue weighted by molar-refractivity contribution is 6.30. The van der Waals surface area contributed by atoms with Gasteiger partial charge in [-0.15, -0.1) is 0 Å². The molecule has 1 amide bonds. The Morgan fingerprint density at radius 3 is 2.82 bits per heavy atom. The van der Waals surface area contributed by atoms with Crippen molar-refractivity contribution in [3.8, 4) is 5.75 Å². The molecular formula is C16H15ClFNO3. The van der Waals surface area contributed by atoms with Crippen molar-refractivity contribution >= 4 is 23.2 Å². The van der Waals surface area contributed by atoms with Crippen molar-refractivity contribution in [2.24, 2.45) is 0 Å². The molecule has 0 heterocycles. The van der Waals surface area contributed by atoms with Crippen LogP contribution in [-0.2, 0) is 11.4 Å². The number of aliphatic hydroxyl groups excluding tert-OH is 1. The quantitative estimate of drug-likeness (QED) is 0.887. The molecule has 1 atom stereocenters. The van der Waals surface area contributed by atoms with Gasteiger partial charge in [-0.2, -0.15) is 0 Å². The van der Waals surface area contributed by atoms with Gasteiger partial charge in [-0.1, -0.05) is 23.7 Å². The Labute approximate surface area is 132 Å². The van der Waals surface area contributed by atoms with Crippen molar-refractivity contribution in [1.29, 1.82) is 0 Å². The predicted octanol–water partition coefficient (Wildman–Crippen LogP) is 3.38. The summed E-state index contributed by atoms with van der Waals surface area (Å²) in [5.41, 5.74) is 0.983. The highest BCUT2D eigenvalue weighted by Crippen LogP contribution is 2.19. The molecule has 0 aliphatic rings. The van der Waals surface area contributed by atoms with Crippen LogP contribution >= 0.6 is 11.6 Å². The lowest BCUT2D eigenvalue weighted by Gasteiger charge is -2.15.